The molecule has 0 amide bonds. The summed E-state index contributed by atoms with van der Waals surface area (Å²) in [6.07, 6.45) is 6.23. The van der Waals surface area contributed by atoms with E-state index in [1.165, 1.54) is 24.4 Å². The topological polar surface area (TPSA) is 94.8 Å². The predicted molar refractivity (Wildman–Crippen MR) is 169 cm³/mol. The molecule has 8 rings (SSSR count). The lowest BCUT2D eigenvalue weighted by atomic mass is 9.94. The van der Waals surface area contributed by atoms with E-state index in [4.69, 9.17) is 9.72 Å². The van der Waals surface area contributed by atoms with Gasteiger partial charge in [0, 0.05) is 37.3 Å². The van der Waals surface area contributed by atoms with Crippen LogP contribution in [0, 0.1) is 23.5 Å². The summed E-state index contributed by atoms with van der Waals surface area (Å²) >= 11 is 0. The maximum Gasteiger partial charge on any atom is 0.319 e. The quantitative estimate of drug-likeness (QED) is 0.265. The summed E-state index contributed by atoms with van der Waals surface area (Å²) in [6.45, 7) is 4.68. The highest BCUT2D eigenvalue weighted by Crippen LogP contribution is 2.44. The van der Waals surface area contributed by atoms with Gasteiger partial charge in [-0.1, -0.05) is 13.0 Å². The van der Waals surface area contributed by atoms with Gasteiger partial charge in [-0.2, -0.15) is 9.97 Å². The van der Waals surface area contributed by atoms with Crippen LogP contribution in [0.4, 0.5) is 19.0 Å². The third-order valence-electron chi connectivity index (χ3n) is 10.7. The molecule has 240 valence electrons. The molecule has 4 fully saturated rings. The van der Waals surface area contributed by atoms with Gasteiger partial charge in [-0.3, -0.25) is 9.88 Å². The molecule has 46 heavy (non-hydrogen) atoms. The van der Waals surface area contributed by atoms with Crippen LogP contribution in [-0.2, 0) is 6.42 Å². The highest BCUT2D eigenvalue weighted by atomic mass is 19.1. The molecule has 4 aliphatic rings. The minimum absolute atomic E-state index is 0.00552. The number of aromatic nitrogens is 3. The number of anilines is 1. The number of hydrogen-bond acceptors (Lipinski definition) is 8. The van der Waals surface area contributed by atoms with Crippen LogP contribution in [0.2, 0.25) is 0 Å². The van der Waals surface area contributed by atoms with E-state index in [-0.39, 0.29) is 58.6 Å². The van der Waals surface area contributed by atoms with Gasteiger partial charge in [-0.25, -0.2) is 13.2 Å². The highest BCUT2D eigenvalue weighted by Gasteiger charge is 2.47. The molecule has 0 radical (unpaired) electrons. The van der Waals surface area contributed by atoms with E-state index >= 15 is 4.39 Å². The number of hydrogen-bond donors (Lipinski definition) is 2. The molecule has 0 spiro atoms. The maximum absolute atomic E-state index is 16.9. The van der Waals surface area contributed by atoms with Gasteiger partial charge in [0.05, 0.1) is 23.4 Å². The number of piperidine rings is 1. The first kappa shape index (κ1) is 29.4. The molecule has 2 aromatic heterocycles. The molecule has 11 heteroatoms. The van der Waals surface area contributed by atoms with E-state index in [1.807, 2.05) is 6.92 Å². The van der Waals surface area contributed by atoms with Crippen molar-refractivity contribution in [2.24, 2.45) is 11.8 Å². The summed E-state index contributed by atoms with van der Waals surface area (Å²) in [4.78, 5) is 18.3. The Hall–Kier alpha value is -3.96. The van der Waals surface area contributed by atoms with Crippen LogP contribution >= 0.6 is 0 Å². The summed E-state index contributed by atoms with van der Waals surface area (Å²) in [5.41, 5.74) is 0.979. The van der Waals surface area contributed by atoms with E-state index in [1.54, 1.807) is 6.07 Å². The number of aromatic hydroxyl groups is 1. The molecule has 4 aromatic rings. The van der Waals surface area contributed by atoms with Crippen LogP contribution in [0.1, 0.15) is 44.6 Å². The number of ether oxygens (including phenoxy) is 1. The third kappa shape index (κ3) is 4.69. The fourth-order valence-corrected chi connectivity index (χ4v) is 8.60. The van der Waals surface area contributed by atoms with E-state index in [0.29, 0.717) is 72.8 Å². The van der Waals surface area contributed by atoms with Crippen molar-refractivity contribution < 1.29 is 28.1 Å². The molecule has 3 aliphatic heterocycles. The number of fused-ring (bicyclic) bond motifs is 5. The standard InChI is InChI=1S/C35H36F3N5O3/c1-2-24-27(37)5-4-21-10-23(44)11-25(29(21)24)31-30(38)32-26(14-39-31)33(42-15-19-8-22(17-42)28(45)9-19)41-34(40-32)46-18-35-6-3-7-43(35)16-20(12-35)13-36/h4-5,10-11,13-14,19,22,28,44-45H,2-3,6-9,12,15-18H2,1H3/b20-13-/t19-,22-,28-,35+/m1/s1. The predicted octanol–water partition coefficient (Wildman–Crippen LogP) is 6.07. The van der Waals surface area contributed by atoms with Crippen molar-refractivity contribution in [1.29, 1.82) is 0 Å². The SMILES string of the molecule is CCc1c(F)ccc2cc(O)cc(-c3ncc4c(N5C[C@@H]6C[C@H](C5)[C@H](O)C6)nc(OC[C@@]56CCCN5C/C(=C\F)C6)nc4c3F)c12. The van der Waals surface area contributed by atoms with Gasteiger partial charge < -0.3 is 19.8 Å². The summed E-state index contributed by atoms with van der Waals surface area (Å²) in [7, 11) is 0. The van der Waals surface area contributed by atoms with Gasteiger partial charge in [-0.05, 0) is 91.1 Å². The fraction of sp³-hybridized carbons (Fsp3) is 0.457. The van der Waals surface area contributed by atoms with Gasteiger partial charge >= 0.3 is 6.01 Å². The van der Waals surface area contributed by atoms with Crippen molar-refractivity contribution in [3.8, 4) is 23.0 Å². The van der Waals surface area contributed by atoms with Crippen molar-refractivity contribution in [3.05, 3.63) is 59.6 Å². The zero-order chi connectivity index (χ0) is 31.7. The Morgan fingerprint density at radius 2 is 2.02 bits per heavy atom. The monoisotopic (exact) mass is 631 g/mol. The molecule has 5 heterocycles. The zero-order valence-corrected chi connectivity index (χ0v) is 25.6. The van der Waals surface area contributed by atoms with E-state index in [2.05, 4.69) is 19.8 Å². The summed E-state index contributed by atoms with van der Waals surface area (Å²) in [6, 6.07) is 5.86. The number of rotatable bonds is 6. The van der Waals surface area contributed by atoms with Crippen molar-refractivity contribution in [2.75, 3.05) is 37.7 Å². The van der Waals surface area contributed by atoms with Gasteiger partial charge in [0.25, 0.3) is 0 Å². The first-order valence-corrected chi connectivity index (χ1v) is 16.2. The highest BCUT2D eigenvalue weighted by molar-refractivity contribution is 6.01. The van der Waals surface area contributed by atoms with Crippen molar-refractivity contribution in [3.63, 3.8) is 0 Å². The third-order valence-corrected chi connectivity index (χ3v) is 10.7. The number of benzene rings is 2. The Labute approximate surface area is 264 Å². The van der Waals surface area contributed by atoms with Crippen molar-refractivity contribution in [1.82, 2.24) is 19.9 Å². The molecule has 0 unspecified atom stereocenters. The Morgan fingerprint density at radius 1 is 1.15 bits per heavy atom. The number of phenolic OH excluding ortho intramolecular Hbond substituents is 1. The van der Waals surface area contributed by atoms with Crippen LogP contribution in [0.25, 0.3) is 32.9 Å². The number of pyridine rings is 1. The summed E-state index contributed by atoms with van der Waals surface area (Å²) in [5, 5.41) is 22.6. The van der Waals surface area contributed by atoms with Crippen molar-refractivity contribution >= 4 is 27.5 Å². The van der Waals surface area contributed by atoms with Crippen LogP contribution < -0.4 is 9.64 Å². The molecule has 3 saturated heterocycles. The molecule has 2 N–H and O–H groups in total. The van der Waals surface area contributed by atoms with Crippen LogP contribution in [-0.4, -0.2) is 74.5 Å². The number of halogens is 3. The van der Waals surface area contributed by atoms with Gasteiger partial charge in [0.2, 0.25) is 0 Å². The lowest BCUT2D eigenvalue weighted by molar-refractivity contribution is 0.108. The van der Waals surface area contributed by atoms with Crippen LogP contribution in [0.3, 0.4) is 0 Å². The minimum atomic E-state index is -0.728. The first-order valence-electron chi connectivity index (χ1n) is 16.2. The Kier molecular flexibility index (Phi) is 7.10. The molecule has 2 aromatic carbocycles. The molecular formula is C35H36F3N5O3. The van der Waals surface area contributed by atoms with E-state index < -0.39 is 11.6 Å². The fourth-order valence-electron chi connectivity index (χ4n) is 8.60. The smallest absolute Gasteiger partial charge is 0.319 e. The number of aryl methyl sites for hydroxylation is 1. The molecule has 8 nitrogen and oxygen atoms in total. The Bertz CT molecular complexity index is 1900. The molecule has 1 saturated carbocycles. The van der Waals surface area contributed by atoms with Gasteiger partial charge in [-0.15, -0.1) is 0 Å². The normalized spacial score (nSPS) is 26.9. The second-order valence-corrected chi connectivity index (χ2v) is 13.5. The van der Waals surface area contributed by atoms with Crippen LogP contribution in [0.15, 0.2) is 42.4 Å². The van der Waals surface area contributed by atoms with Crippen molar-refractivity contribution in [2.45, 2.75) is 57.1 Å². The number of phenols is 1. The van der Waals surface area contributed by atoms with Crippen LogP contribution in [0.5, 0.6) is 11.8 Å². The zero-order valence-electron chi connectivity index (χ0n) is 25.6. The molecular weight excluding hydrogens is 595 g/mol. The first-order chi connectivity index (χ1) is 22.3. The van der Waals surface area contributed by atoms with Gasteiger partial charge in [0.1, 0.15) is 35.2 Å². The van der Waals surface area contributed by atoms with Gasteiger partial charge in [0.15, 0.2) is 5.82 Å². The van der Waals surface area contributed by atoms with E-state index in [0.717, 1.165) is 31.4 Å². The number of aliphatic hydroxyl groups is 1. The summed E-state index contributed by atoms with van der Waals surface area (Å²) in [5.74, 6) is -0.375. The maximum atomic E-state index is 16.9. The molecule has 1 aliphatic carbocycles. The average molecular weight is 632 g/mol. The number of nitrogens with zero attached hydrogens (tertiary/aromatic N) is 5. The molecule has 4 atom stereocenters. The largest absolute Gasteiger partial charge is 0.508 e. The summed E-state index contributed by atoms with van der Waals surface area (Å²) < 4.78 is 51.6. The Balaban J connectivity index is 1.27. The second kappa shape index (κ2) is 11.1. The minimum Gasteiger partial charge on any atom is -0.508 e. The van der Waals surface area contributed by atoms with E-state index in [9.17, 15) is 19.0 Å². The Morgan fingerprint density at radius 3 is 2.83 bits per heavy atom. The second-order valence-electron chi connectivity index (χ2n) is 13.5. The average Bonchev–Trinajstić information content (AvgIpc) is 3.68. The molecule has 2 bridgehead atoms. The lowest BCUT2D eigenvalue weighted by Crippen LogP contribution is -2.43. The lowest BCUT2D eigenvalue weighted by Gasteiger charge is -2.34. The number of aliphatic hydroxyl groups excluding tert-OH is 1.